The van der Waals surface area contributed by atoms with Gasteiger partial charge in [0.15, 0.2) is 6.61 Å². The van der Waals surface area contributed by atoms with Crippen molar-refractivity contribution >= 4 is 40.8 Å². The first-order valence-corrected chi connectivity index (χ1v) is 8.69. The first kappa shape index (κ1) is 19.6. The summed E-state index contributed by atoms with van der Waals surface area (Å²) in [7, 11) is 0. The second-order valence-electron chi connectivity index (χ2n) is 5.06. The first-order chi connectivity index (χ1) is 12.4. The molecule has 0 aliphatic heterocycles. The predicted octanol–water partition coefficient (Wildman–Crippen LogP) is 2.94. The molecule has 2 N–H and O–H groups in total. The minimum atomic E-state index is -0.736. The Balaban J connectivity index is 1.95. The van der Waals surface area contributed by atoms with E-state index in [2.05, 4.69) is 16.9 Å². The zero-order valence-corrected chi connectivity index (χ0v) is 15.4. The number of hydrogen-bond donors (Lipinski definition) is 2. The highest BCUT2D eigenvalue weighted by atomic mass is 35.5. The monoisotopic (exact) mass is 393 g/mol. The van der Waals surface area contributed by atoms with Gasteiger partial charge in [-0.2, -0.15) is 0 Å². The Morgan fingerprint density at radius 1 is 1.31 bits per heavy atom. The summed E-state index contributed by atoms with van der Waals surface area (Å²) in [6.45, 7) is 4.75. The maximum Gasteiger partial charge on any atom is 0.350 e. The number of aromatic nitrogens is 1. The highest BCUT2D eigenvalue weighted by molar-refractivity contribution is 7.17. The van der Waals surface area contributed by atoms with Crippen LogP contribution < -0.4 is 10.6 Å². The van der Waals surface area contributed by atoms with Crippen molar-refractivity contribution in [3.8, 4) is 10.6 Å². The smallest absolute Gasteiger partial charge is 0.350 e. The van der Waals surface area contributed by atoms with Gasteiger partial charge in [-0.05, 0) is 19.1 Å². The minimum absolute atomic E-state index is 0.215. The lowest BCUT2D eigenvalue weighted by Gasteiger charge is -2.05. The summed E-state index contributed by atoms with van der Waals surface area (Å²) in [5.41, 5.74) is 1.31. The van der Waals surface area contributed by atoms with Crippen LogP contribution in [0.15, 0.2) is 36.9 Å². The van der Waals surface area contributed by atoms with Gasteiger partial charge in [-0.1, -0.05) is 29.8 Å². The Labute approximate surface area is 159 Å². The van der Waals surface area contributed by atoms with Gasteiger partial charge in [0.2, 0.25) is 0 Å². The van der Waals surface area contributed by atoms with Gasteiger partial charge in [0.25, 0.3) is 5.91 Å². The molecule has 0 spiro atoms. The maximum absolute atomic E-state index is 12.2. The number of imide groups is 1. The molecule has 0 bridgehead atoms. The molecule has 0 saturated heterocycles. The summed E-state index contributed by atoms with van der Waals surface area (Å²) < 4.78 is 4.94. The normalized spacial score (nSPS) is 10.1. The van der Waals surface area contributed by atoms with Gasteiger partial charge in [-0.15, -0.1) is 17.9 Å². The molecule has 1 heterocycles. The molecule has 0 atom stereocenters. The predicted molar refractivity (Wildman–Crippen MR) is 99.3 cm³/mol. The van der Waals surface area contributed by atoms with E-state index in [9.17, 15) is 14.4 Å². The number of benzene rings is 1. The van der Waals surface area contributed by atoms with Gasteiger partial charge in [0.1, 0.15) is 9.88 Å². The van der Waals surface area contributed by atoms with E-state index in [1.54, 1.807) is 31.2 Å². The molecule has 0 saturated carbocycles. The largest absolute Gasteiger partial charge is 0.451 e. The van der Waals surface area contributed by atoms with Gasteiger partial charge in [0, 0.05) is 17.1 Å². The van der Waals surface area contributed by atoms with E-state index < -0.39 is 24.5 Å². The van der Waals surface area contributed by atoms with Gasteiger partial charge < -0.3 is 10.1 Å². The van der Waals surface area contributed by atoms with Crippen molar-refractivity contribution < 1.29 is 19.1 Å². The lowest BCUT2D eigenvalue weighted by molar-refractivity contribution is -0.123. The molecule has 9 heteroatoms. The molecule has 7 nitrogen and oxygen atoms in total. The van der Waals surface area contributed by atoms with Crippen LogP contribution in [0.3, 0.4) is 0 Å². The molecule has 0 unspecified atom stereocenters. The fraction of sp³-hybridized carbons (Fsp3) is 0.176. The summed E-state index contributed by atoms with van der Waals surface area (Å²) in [6, 6.07) is 6.36. The molecule has 0 aliphatic carbocycles. The number of carbonyl (C=O) groups is 3. The van der Waals surface area contributed by atoms with Crippen LogP contribution in [-0.2, 0) is 9.53 Å². The zero-order chi connectivity index (χ0) is 19.1. The zero-order valence-electron chi connectivity index (χ0n) is 13.9. The molecule has 3 amide bonds. The quantitative estimate of drug-likeness (QED) is 0.581. The lowest BCUT2D eigenvalue weighted by Crippen LogP contribution is -2.41. The Kier molecular flexibility index (Phi) is 6.88. The van der Waals surface area contributed by atoms with Crippen LogP contribution in [0.1, 0.15) is 15.4 Å². The van der Waals surface area contributed by atoms with Crippen LogP contribution in [0.2, 0.25) is 5.02 Å². The molecule has 1 aromatic carbocycles. The molecular formula is C17H16ClN3O4S. The van der Waals surface area contributed by atoms with Crippen molar-refractivity contribution in [2.45, 2.75) is 6.92 Å². The number of esters is 1. The van der Waals surface area contributed by atoms with Crippen molar-refractivity contribution in [2.75, 3.05) is 13.2 Å². The summed E-state index contributed by atoms with van der Waals surface area (Å²) >= 11 is 7.01. The summed E-state index contributed by atoms with van der Waals surface area (Å²) in [6.07, 6.45) is 1.47. The molecule has 0 fully saturated rings. The molecule has 0 aliphatic rings. The van der Waals surface area contributed by atoms with E-state index in [1.807, 2.05) is 5.32 Å². The first-order valence-electron chi connectivity index (χ1n) is 7.49. The fourth-order valence-electron chi connectivity index (χ4n) is 1.87. The van der Waals surface area contributed by atoms with Crippen LogP contribution in [0.4, 0.5) is 4.79 Å². The van der Waals surface area contributed by atoms with Gasteiger partial charge in [0.05, 0.1) is 5.69 Å². The second kappa shape index (κ2) is 9.12. The molecule has 1 aromatic heterocycles. The van der Waals surface area contributed by atoms with E-state index in [4.69, 9.17) is 16.3 Å². The van der Waals surface area contributed by atoms with Crippen LogP contribution in [0.25, 0.3) is 10.6 Å². The molecular weight excluding hydrogens is 378 g/mol. The minimum Gasteiger partial charge on any atom is -0.451 e. The lowest BCUT2D eigenvalue weighted by atomic mass is 10.2. The molecule has 2 aromatic rings. The maximum atomic E-state index is 12.2. The number of carbonyl (C=O) groups excluding carboxylic acids is 3. The molecule has 136 valence electrons. The number of aryl methyl sites for hydroxylation is 1. The van der Waals surface area contributed by atoms with E-state index in [1.165, 1.54) is 6.08 Å². The highest BCUT2D eigenvalue weighted by Gasteiger charge is 2.19. The Hall–Kier alpha value is -2.71. The Morgan fingerprint density at radius 3 is 2.65 bits per heavy atom. The van der Waals surface area contributed by atoms with Crippen LogP contribution in [0.5, 0.6) is 0 Å². The molecule has 0 radical (unpaired) electrons. The number of nitrogens with zero attached hydrogens (tertiary/aromatic N) is 1. The van der Waals surface area contributed by atoms with Gasteiger partial charge in [-0.25, -0.2) is 14.6 Å². The number of hydrogen-bond acceptors (Lipinski definition) is 6. The Morgan fingerprint density at radius 2 is 2.00 bits per heavy atom. The second-order valence-corrected chi connectivity index (χ2v) is 6.50. The fourth-order valence-corrected chi connectivity index (χ4v) is 2.96. The number of ether oxygens (including phenoxy) is 1. The van der Waals surface area contributed by atoms with Crippen LogP contribution in [-0.4, -0.2) is 36.0 Å². The summed E-state index contributed by atoms with van der Waals surface area (Å²) in [4.78, 5) is 39.7. The number of amides is 3. The summed E-state index contributed by atoms with van der Waals surface area (Å²) in [5, 5.41) is 5.64. The number of thiazole rings is 1. The SMILES string of the molecule is C=CCNC(=O)NC(=O)COC(=O)c1sc(-c2ccc(Cl)cc2)nc1C. The number of nitrogens with one attached hydrogen (secondary N) is 2. The van der Waals surface area contributed by atoms with E-state index in [0.717, 1.165) is 16.9 Å². The standard InChI is InChI=1S/C17H16ClN3O4S/c1-3-8-19-17(24)21-13(22)9-25-16(23)14-10(2)20-15(26-14)11-4-6-12(18)7-5-11/h3-7H,1,8-9H2,2H3,(H2,19,21,22,24). The van der Waals surface area contributed by atoms with Gasteiger partial charge >= 0.3 is 12.0 Å². The third-order valence-electron chi connectivity index (χ3n) is 3.07. The average Bonchev–Trinajstić information content (AvgIpc) is 3.00. The highest BCUT2D eigenvalue weighted by Crippen LogP contribution is 2.29. The third-order valence-corrected chi connectivity index (χ3v) is 4.51. The van der Waals surface area contributed by atoms with Gasteiger partial charge in [-0.3, -0.25) is 10.1 Å². The van der Waals surface area contributed by atoms with Crippen LogP contribution >= 0.6 is 22.9 Å². The topological polar surface area (TPSA) is 97.4 Å². The van der Waals surface area contributed by atoms with Crippen molar-refractivity contribution in [1.29, 1.82) is 0 Å². The van der Waals surface area contributed by atoms with Crippen molar-refractivity contribution in [1.82, 2.24) is 15.6 Å². The molecule has 2 rings (SSSR count). The number of halogens is 1. The number of rotatable bonds is 6. The third kappa shape index (κ3) is 5.40. The van der Waals surface area contributed by atoms with Crippen molar-refractivity contribution in [3.05, 3.63) is 52.5 Å². The van der Waals surface area contributed by atoms with E-state index in [-0.39, 0.29) is 6.54 Å². The van der Waals surface area contributed by atoms with Crippen molar-refractivity contribution in [2.24, 2.45) is 0 Å². The molecule has 26 heavy (non-hydrogen) atoms. The van der Waals surface area contributed by atoms with E-state index in [0.29, 0.717) is 20.6 Å². The van der Waals surface area contributed by atoms with E-state index >= 15 is 0 Å². The van der Waals surface area contributed by atoms with Crippen molar-refractivity contribution in [3.63, 3.8) is 0 Å². The van der Waals surface area contributed by atoms with Crippen LogP contribution in [0, 0.1) is 6.92 Å². The summed E-state index contributed by atoms with van der Waals surface area (Å²) in [5.74, 6) is -1.41. The Bertz CT molecular complexity index is 833. The average molecular weight is 394 g/mol. The number of urea groups is 1.